The number of carbonyl (C=O) groups is 2. The van der Waals surface area contributed by atoms with Gasteiger partial charge in [-0.2, -0.15) is 0 Å². The summed E-state index contributed by atoms with van der Waals surface area (Å²) in [6, 6.07) is 3.69. The van der Waals surface area contributed by atoms with Crippen LogP contribution in [0.25, 0.3) is 0 Å². The van der Waals surface area contributed by atoms with Gasteiger partial charge >= 0.3 is 0 Å². The maximum atomic E-state index is 13.2. The number of hydrogen-bond donors (Lipinski definition) is 0. The van der Waals surface area contributed by atoms with E-state index in [4.69, 9.17) is 9.15 Å². The normalized spacial score (nSPS) is 17.1. The highest BCUT2D eigenvalue weighted by Gasteiger charge is 2.28. The van der Waals surface area contributed by atoms with Gasteiger partial charge in [0.15, 0.2) is 0 Å². The predicted octanol–water partition coefficient (Wildman–Crippen LogP) is 3.71. The highest BCUT2D eigenvalue weighted by Crippen LogP contribution is 2.21. The van der Waals surface area contributed by atoms with Crippen molar-refractivity contribution in [1.82, 2.24) is 9.80 Å². The Hall–Kier alpha value is -1.82. The zero-order valence-electron chi connectivity index (χ0n) is 18.1. The molecule has 1 atom stereocenters. The molecule has 0 N–H and O–H groups in total. The largest absolute Gasteiger partial charge is 0.467 e. The van der Waals surface area contributed by atoms with Gasteiger partial charge in [-0.15, -0.1) is 0 Å². The molecule has 0 spiro atoms. The average Bonchev–Trinajstić information content (AvgIpc) is 3.25. The number of rotatable bonds is 9. The third kappa shape index (κ3) is 7.66. The molecule has 1 fully saturated rings. The monoisotopic (exact) mass is 392 g/mol. The highest BCUT2D eigenvalue weighted by molar-refractivity contribution is 5.85. The Morgan fingerprint density at radius 3 is 2.50 bits per heavy atom. The molecule has 1 aromatic rings. The zero-order chi connectivity index (χ0) is 20.7. The van der Waals surface area contributed by atoms with E-state index >= 15 is 0 Å². The number of amides is 2. The van der Waals surface area contributed by atoms with E-state index in [2.05, 4.69) is 13.8 Å². The molecule has 1 aromatic heterocycles. The molecule has 1 aliphatic heterocycles. The second-order valence-corrected chi connectivity index (χ2v) is 9.39. The quantitative estimate of drug-likeness (QED) is 0.643. The zero-order valence-corrected chi connectivity index (χ0v) is 18.1. The van der Waals surface area contributed by atoms with E-state index in [9.17, 15) is 9.59 Å². The molecule has 28 heavy (non-hydrogen) atoms. The van der Waals surface area contributed by atoms with Gasteiger partial charge in [-0.05, 0) is 36.3 Å². The van der Waals surface area contributed by atoms with Gasteiger partial charge in [-0.25, -0.2) is 0 Å². The van der Waals surface area contributed by atoms with Crippen LogP contribution in [0, 0.1) is 11.3 Å². The van der Waals surface area contributed by atoms with Gasteiger partial charge in [0.25, 0.3) is 0 Å². The molecule has 6 nitrogen and oxygen atoms in total. The fraction of sp³-hybridized carbons (Fsp3) is 0.727. The summed E-state index contributed by atoms with van der Waals surface area (Å²) in [4.78, 5) is 29.5. The molecule has 0 bridgehead atoms. The van der Waals surface area contributed by atoms with Gasteiger partial charge in [0, 0.05) is 26.1 Å². The number of nitrogens with zero attached hydrogens (tertiary/aromatic N) is 2. The van der Waals surface area contributed by atoms with Crippen molar-refractivity contribution in [2.75, 3.05) is 26.2 Å². The van der Waals surface area contributed by atoms with Crippen molar-refractivity contribution in [3.05, 3.63) is 24.2 Å². The van der Waals surface area contributed by atoms with Crippen molar-refractivity contribution < 1.29 is 18.7 Å². The van der Waals surface area contributed by atoms with Crippen LogP contribution in [-0.4, -0.2) is 54.0 Å². The predicted molar refractivity (Wildman–Crippen MR) is 109 cm³/mol. The lowest BCUT2D eigenvalue weighted by atomic mass is 9.91. The molecule has 0 saturated carbocycles. The van der Waals surface area contributed by atoms with Crippen LogP contribution in [0.4, 0.5) is 0 Å². The Morgan fingerprint density at radius 2 is 1.96 bits per heavy atom. The number of hydrogen-bond acceptors (Lipinski definition) is 4. The Bertz CT molecular complexity index is 613. The van der Waals surface area contributed by atoms with E-state index in [0.717, 1.165) is 25.2 Å². The number of furan rings is 1. The Kier molecular flexibility index (Phi) is 8.10. The highest BCUT2D eigenvalue weighted by atomic mass is 16.5. The van der Waals surface area contributed by atoms with Crippen LogP contribution in [-0.2, 0) is 20.9 Å². The molecule has 0 radical (unpaired) electrons. The topological polar surface area (TPSA) is 63.0 Å². The van der Waals surface area contributed by atoms with Gasteiger partial charge in [-0.1, -0.05) is 34.6 Å². The maximum absolute atomic E-state index is 13.2. The van der Waals surface area contributed by atoms with Gasteiger partial charge < -0.3 is 19.0 Å². The lowest BCUT2D eigenvalue weighted by Crippen LogP contribution is -2.46. The molecule has 0 aromatic carbocycles. The summed E-state index contributed by atoms with van der Waals surface area (Å²) >= 11 is 0. The van der Waals surface area contributed by atoms with E-state index in [0.29, 0.717) is 32.0 Å². The van der Waals surface area contributed by atoms with Crippen LogP contribution in [0.15, 0.2) is 22.8 Å². The first-order valence-electron chi connectivity index (χ1n) is 10.3. The molecule has 1 saturated heterocycles. The lowest BCUT2D eigenvalue weighted by molar-refractivity contribution is -0.143. The summed E-state index contributed by atoms with van der Waals surface area (Å²) in [6.07, 6.45) is 4.08. The molecular weight excluding hydrogens is 356 g/mol. The summed E-state index contributed by atoms with van der Waals surface area (Å²) in [6.45, 7) is 12.6. The van der Waals surface area contributed by atoms with E-state index < -0.39 is 0 Å². The minimum Gasteiger partial charge on any atom is -0.467 e. The van der Waals surface area contributed by atoms with Crippen molar-refractivity contribution in [1.29, 1.82) is 0 Å². The molecule has 158 valence electrons. The van der Waals surface area contributed by atoms with E-state index in [1.807, 2.05) is 32.9 Å². The molecule has 1 unspecified atom stereocenters. The standard InChI is InChI=1S/C22H36N2O4/c1-17(2)13-23(20(25)12-22(3,4)5)16-21(26)24(14-18-8-6-10-27-18)15-19-9-7-11-28-19/h6,8,10,17,19H,7,9,11-16H2,1-5H3. The fourth-order valence-corrected chi connectivity index (χ4v) is 3.40. The SMILES string of the molecule is CC(C)CN(CC(=O)N(Cc1ccco1)CC1CCCO1)C(=O)CC(C)(C)C. The molecular formula is C22H36N2O4. The van der Waals surface area contributed by atoms with Crippen molar-refractivity contribution >= 4 is 11.8 Å². The Balaban J connectivity index is 2.08. The molecule has 2 heterocycles. The maximum Gasteiger partial charge on any atom is 0.242 e. The third-order valence-electron chi connectivity index (χ3n) is 4.67. The second-order valence-electron chi connectivity index (χ2n) is 9.39. The van der Waals surface area contributed by atoms with Crippen molar-refractivity contribution in [3.8, 4) is 0 Å². The summed E-state index contributed by atoms with van der Waals surface area (Å²) in [5.41, 5.74) is -0.110. The average molecular weight is 393 g/mol. The minimum absolute atomic E-state index is 0.0321. The Morgan fingerprint density at radius 1 is 1.21 bits per heavy atom. The first kappa shape index (κ1) is 22.5. The summed E-state index contributed by atoms with van der Waals surface area (Å²) in [5, 5.41) is 0. The summed E-state index contributed by atoms with van der Waals surface area (Å²) < 4.78 is 11.2. The summed E-state index contributed by atoms with van der Waals surface area (Å²) in [7, 11) is 0. The van der Waals surface area contributed by atoms with E-state index in [-0.39, 0.29) is 29.9 Å². The third-order valence-corrected chi connectivity index (χ3v) is 4.67. The Labute approximate surface area is 169 Å². The second kappa shape index (κ2) is 10.1. The smallest absolute Gasteiger partial charge is 0.242 e. The molecule has 0 aliphatic carbocycles. The molecule has 2 amide bonds. The lowest BCUT2D eigenvalue weighted by Gasteiger charge is -2.31. The van der Waals surface area contributed by atoms with Crippen molar-refractivity contribution in [2.45, 2.75) is 66.5 Å². The van der Waals surface area contributed by atoms with Crippen molar-refractivity contribution in [3.63, 3.8) is 0 Å². The first-order valence-corrected chi connectivity index (χ1v) is 10.3. The minimum atomic E-state index is -0.110. The molecule has 1 aliphatic rings. The fourth-order valence-electron chi connectivity index (χ4n) is 3.40. The van der Waals surface area contributed by atoms with Crippen LogP contribution < -0.4 is 0 Å². The van der Waals surface area contributed by atoms with Gasteiger partial charge in [0.2, 0.25) is 11.8 Å². The number of carbonyl (C=O) groups excluding carboxylic acids is 2. The van der Waals surface area contributed by atoms with Crippen LogP contribution in [0.5, 0.6) is 0 Å². The van der Waals surface area contributed by atoms with Crippen molar-refractivity contribution in [2.24, 2.45) is 11.3 Å². The van der Waals surface area contributed by atoms with Crippen LogP contribution in [0.2, 0.25) is 0 Å². The van der Waals surface area contributed by atoms with Crippen LogP contribution >= 0.6 is 0 Å². The van der Waals surface area contributed by atoms with E-state index in [1.54, 1.807) is 16.1 Å². The molecule has 6 heteroatoms. The van der Waals surface area contributed by atoms with E-state index in [1.165, 1.54) is 0 Å². The van der Waals surface area contributed by atoms with Gasteiger partial charge in [0.1, 0.15) is 5.76 Å². The number of ether oxygens (including phenoxy) is 1. The van der Waals surface area contributed by atoms with Crippen LogP contribution in [0.3, 0.4) is 0 Å². The van der Waals surface area contributed by atoms with Gasteiger partial charge in [0.05, 0.1) is 25.5 Å². The van der Waals surface area contributed by atoms with Crippen LogP contribution in [0.1, 0.15) is 59.6 Å². The first-order chi connectivity index (χ1) is 13.1. The molecule has 2 rings (SSSR count). The van der Waals surface area contributed by atoms with Gasteiger partial charge in [-0.3, -0.25) is 9.59 Å². The summed E-state index contributed by atoms with van der Waals surface area (Å²) in [5.74, 6) is 1.01.